The molecule has 0 amide bonds. The van der Waals surface area contributed by atoms with E-state index in [0.717, 1.165) is 59.2 Å². The van der Waals surface area contributed by atoms with Crippen LogP contribution in [-0.2, 0) is 25.9 Å². The van der Waals surface area contributed by atoms with Crippen molar-refractivity contribution in [3.8, 4) is 0 Å². The summed E-state index contributed by atoms with van der Waals surface area (Å²) in [6, 6.07) is 27.1. The van der Waals surface area contributed by atoms with E-state index < -0.39 is 0 Å². The average molecular weight is 521 g/mol. The Morgan fingerprint density at radius 1 is 0.923 bits per heavy atom. The molecule has 7 heteroatoms. The number of tetrazole rings is 1. The maximum atomic E-state index is 13.3. The maximum absolute atomic E-state index is 13.3. The van der Waals surface area contributed by atoms with Crippen LogP contribution in [0.1, 0.15) is 53.0 Å². The summed E-state index contributed by atoms with van der Waals surface area (Å²) in [5.74, 6) is 0.838. The molecule has 0 saturated heterocycles. The van der Waals surface area contributed by atoms with Crippen molar-refractivity contribution >= 4 is 10.9 Å². The number of rotatable bonds is 11. The standard InChI is InChI=1S/C32H36N6O/c1-4-30(31-34-35-36-38(31)18-16-26-13-9-6-10-14-26)37(17-15-25-11-7-5-8-12-25)22-27-21-28-24(3)19-23(2)20-29(28)33-32(27)39/h5-14,19-21,30H,4,15-18,22H2,1-3H3,(H,33,39)/t30-/m1/s1. The van der Waals surface area contributed by atoms with E-state index in [1.807, 2.05) is 22.9 Å². The number of aryl methyl sites for hydroxylation is 4. The summed E-state index contributed by atoms with van der Waals surface area (Å²) >= 11 is 0. The first-order valence-electron chi connectivity index (χ1n) is 13.7. The van der Waals surface area contributed by atoms with Gasteiger partial charge in [0, 0.05) is 36.1 Å². The molecule has 39 heavy (non-hydrogen) atoms. The van der Waals surface area contributed by atoms with Crippen LogP contribution in [0.15, 0.2) is 83.7 Å². The summed E-state index contributed by atoms with van der Waals surface area (Å²) in [5, 5.41) is 14.0. The van der Waals surface area contributed by atoms with Crippen LogP contribution in [0, 0.1) is 13.8 Å². The molecule has 7 nitrogen and oxygen atoms in total. The Bertz CT molecular complexity index is 1580. The number of hydrogen-bond donors (Lipinski definition) is 1. The summed E-state index contributed by atoms with van der Waals surface area (Å²) in [7, 11) is 0. The molecule has 200 valence electrons. The Balaban J connectivity index is 1.46. The topological polar surface area (TPSA) is 79.7 Å². The van der Waals surface area contributed by atoms with Crippen LogP contribution in [0.3, 0.4) is 0 Å². The van der Waals surface area contributed by atoms with Crippen LogP contribution in [0.4, 0.5) is 0 Å². The van der Waals surface area contributed by atoms with Gasteiger partial charge >= 0.3 is 0 Å². The lowest BCUT2D eigenvalue weighted by Crippen LogP contribution is -2.34. The van der Waals surface area contributed by atoms with Crippen molar-refractivity contribution in [1.82, 2.24) is 30.1 Å². The molecule has 0 spiro atoms. The summed E-state index contributed by atoms with van der Waals surface area (Å²) in [5.41, 5.74) is 6.41. The van der Waals surface area contributed by atoms with Crippen molar-refractivity contribution in [3.05, 3.63) is 123 Å². The zero-order chi connectivity index (χ0) is 27.2. The van der Waals surface area contributed by atoms with Crippen molar-refractivity contribution < 1.29 is 0 Å². The van der Waals surface area contributed by atoms with E-state index in [-0.39, 0.29) is 11.6 Å². The quantitative estimate of drug-likeness (QED) is 0.246. The number of aromatic nitrogens is 5. The van der Waals surface area contributed by atoms with Crippen LogP contribution >= 0.6 is 0 Å². The highest BCUT2D eigenvalue weighted by molar-refractivity contribution is 5.83. The molecule has 0 aliphatic heterocycles. The Kier molecular flexibility index (Phi) is 8.27. The van der Waals surface area contributed by atoms with Gasteiger partial charge in [-0.2, -0.15) is 0 Å². The number of hydrogen-bond acceptors (Lipinski definition) is 5. The molecule has 0 radical (unpaired) electrons. The number of fused-ring (bicyclic) bond motifs is 1. The minimum Gasteiger partial charge on any atom is -0.322 e. The van der Waals surface area contributed by atoms with Crippen LogP contribution in [0.2, 0.25) is 0 Å². The largest absolute Gasteiger partial charge is 0.322 e. The molecule has 0 aliphatic carbocycles. The van der Waals surface area contributed by atoms with E-state index in [4.69, 9.17) is 0 Å². The minimum atomic E-state index is -0.0456. The second-order valence-electron chi connectivity index (χ2n) is 10.3. The zero-order valence-corrected chi connectivity index (χ0v) is 23.0. The van der Waals surface area contributed by atoms with Gasteiger partial charge in [-0.3, -0.25) is 9.69 Å². The predicted octanol–water partition coefficient (Wildman–Crippen LogP) is 5.57. The number of aromatic amines is 1. The molecule has 5 rings (SSSR count). The molecule has 2 aromatic heterocycles. The SMILES string of the molecule is CC[C@H](c1nnnn1CCc1ccccc1)N(CCc1ccccc1)Cc1cc2c(C)cc(C)cc2[nH]c1=O. The monoisotopic (exact) mass is 520 g/mol. The number of pyridine rings is 1. The third-order valence-corrected chi connectivity index (χ3v) is 7.43. The molecule has 0 aliphatic rings. The maximum Gasteiger partial charge on any atom is 0.252 e. The van der Waals surface area contributed by atoms with Gasteiger partial charge in [0.25, 0.3) is 5.56 Å². The van der Waals surface area contributed by atoms with Gasteiger partial charge < -0.3 is 4.98 Å². The van der Waals surface area contributed by atoms with E-state index in [9.17, 15) is 4.79 Å². The molecule has 0 bridgehead atoms. The first-order valence-corrected chi connectivity index (χ1v) is 13.7. The lowest BCUT2D eigenvalue weighted by Gasteiger charge is -2.30. The van der Waals surface area contributed by atoms with Crippen LogP contribution in [-0.4, -0.2) is 36.6 Å². The van der Waals surface area contributed by atoms with Gasteiger partial charge in [0.2, 0.25) is 0 Å². The first kappa shape index (κ1) is 26.5. The summed E-state index contributed by atoms with van der Waals surface area (Å²) < 4.78 is 1.92. The van der Waals surface area contributed by atoms with Gasteiger partial charge in [-0.1, -0.05) is 73.7 Å². The molecule has 0 fully saturated rings. The van der Waals surface area contributed by atoms with E-state index in [2.05, 4.69) is 107 Å². The van der Waals surface area contributed by atoms with Crippen LogP contribution in [0.25, 0.3) is 10.9 Å². The van der Waals surface area contributed by atoms with E-state index in [0.29, 0.717) is 13.1 Å². The van der Waals surface area contributed by atoms with Gasteiger partial charge in [-0.25, -0.2) is 4.68 Å². The molecule has 0 unspecified atom stereocenters. The Morgan fingerprint density at radius 3 is 2.31 bits per heavy atom. The molecule has 0 saturated carbocycles. The summed E-state index contributed by atoms with van der Waals surface area (Å²) in [6.45, 7) is 8.30. The first-order chi connectivity index (χ1) is 19.0. The molecular formula is C32H36N6O. The highest BCUT2D eigenvalue weighted by atomic mass is 16.1. The number of nitrogens with zero attached hydrogens (tertiary/aromatic N) is 5. The van der Waals surface area contributed by atoms with Gasteiger partial charge in [0.05, 0.1) is 6.04 Å². The second kappa shape index (κ2) is 12.2. The van der Waals surface area contributed by atoms with Crippen molar-refractivity contribution in [1.29, 1.82) is 0 Å². The minimum absolute atomic E-state index is 0.0336. The predicted molar refractivity (Wildman–Crippen MR) is 156 cm³/mol. The molecule has 2 heterocycles. The average Bonchev–Trinajstić information content (AvgIpc) is 3.41. The second-order valence-corrected chi connectivity index (χ2v) is 10.3. The summed E-state index contributed by atoms with van der Waals surface area (Å²) in [6.07, 6.45) is 2.54. The third-order valence-electron chi connectivity index (χ3n) is 7.43. The van der Waals surface area contributed by atoms with Gasteiger partial charge in [0.1, 0.15) is 0 Å². The van der Waals surface area contributed by atoms with Crippen molar-refractivity contribution in [2.24, 2.45) is 0 Å². The lowest BCUT2D eigenvalue weighted by molar-refractivity contribution is 0.171. The van der Waals surface area contributed by atoms with E-state index in [1.54, 1.807) is 0 Å². The van der Waals surface area contributed by atoms with E-state index in [1.165, 1.54) is 11.1 Å². The normalized spacial score (nSPS) is 12.3. The Labute approximate surface area is 229 Å². The van der Waals surface area contributed by atoms with E-state index >= 15 is 0 Å². The smallest absolute Gasteiger partial charge is 0.252 e. The van der Waals surface area contributed by atoms with Gasteiger partial charge in [0.15, 0.2) is 5.82 Å². The zero-order valence-electron chi connectivity index (χ0n) is 23.0. The number of nitrogens with one attached hydrogen (secondary N) is 1. The summed E-state index contributed by atoms with van der Waals surface area (Å²) in [4.78, 5) is 18.8. The Morgan fingerprint density at radius 2 is 1.62 bits per heavy atom. The molecule has 3 aromatic carbocycles. The van der Waals surface area contributed by atoms with Crippen LogP contribution < -0.4 is 5.56 Å². The van der Waals surface area contributed by atoms with Crippen LogP contribution in [0.5, 0.6) is 0 Å². The molecular weight excluding hydrogens is 484 g/mol. The van der Waals surface area contributed by atoms with Crippen molar-refractivity contribution in [2.75, 3.05) is 6.54 Å². The third kappa shape index (κ3) is 6.32. The highest BCUT2D eigenvalue weighted by Gasteiger charge is 2.26. The molecule has 5 aromatic rings. The lowest BCUT2D eigenvalue weighted by atomic mass is 10.0. The molecule has 1 N–H and O–H groups in total. The number of H-pyrrole nitrogens is 1. The molecule has 1 atom stereocenters. The van der Waals surface area contributed by atoms with Gasteiger partial charge in [-0.15, -0.1) is 5.10 Å². The van der Waals surface area contributed by atoms with Crippen molar-refractivity contribution in [3.63, 3.8) is 0 Å². The fourth-order valence-electron chi connectivity index (χ4n) is 5.41. The highest BCUT2D eigenvalue weighted by Crippen LogP contribution is 2.26. The fraction of sp³-hybridized carbons (Fsp3) is 0.312. The van der Waals surface area contributed by atoms with Gasteiger partial charge in [-0.05, 0) is 77.9 Å². The fourth-order valence-corrected chi connectivity index (χ4v) is 5.41. The van der Waals surface area contributed by atoms with Crippen molar-refractivity contribution in [2.45, 2.75) is 59.2 Å². The number of benzene rings is 3. The Hall–Kier alpha value is -4.10.